The van der Waals surface area contributed by atoms with Gasteiger partial charge < -0.3 is 20.2 Å². The fraction of sp³-hybridized carbons (Fsp3) is 0.350. The van der Waals surface area contributed by atoms with Gasteiger partial charge in [-0.1, -0.05) is 6.08 Å². The SMILES string of the molecule is CN(C)C(=O)c1cc2cc(C3=CCCN(C(=O)CCN4C=CNN4)C3)cnc2[nH]1.[HH]. The molecule has 0 bridgehead atoms. The second-order valence-electron chi connectivity index (χ2n) is 7.39. The van der Waals surface area contributed by atoms with Gasteiger partial charge in [-0.05, 0) is 29.7 Å². The molecular weight excluding hydrogens is 370 g/mol. The van der Waals surface area contributed by atoms with Crippen LogP contribution < -0.4 is 11.0 Å². The van der Waals surface area contributed by atoms with Gasteiger partial charge in [0.25, 0.3) is 5.91 Å². The van der Waals surface area contributed by atoms with Crippen molar-refractivity contribution in [1.82, 2.24) is 35.7 Å². The summed E-state index contributed by atoms with van der Waals surface area (Å²) in [5.41, 5.74) is 9.06. The number of fused-ring (bicyclic) bond motifs is 1. The van der Waals surface area contributed by atoms with E-state index in [0.29, 0.717) is 30.9 Å². The van der Waals surface area contributed by atoms with Gasteiger partial charge in [-0.2, -0.15) is 0 Å². The van der Waals surface area contributed by atoms with Crippen LogP contribution in [0.15, 0.2) is 36.8 Å². The molecule has 2 aliphatic rings. The number of rotatable bonds is 5. The first-order chi connectivity index (χ1) is 14.0. The number of aromatic amines is 1. The predicted octanol–water partition coefficient (Wildman–Crippen LogP) is 1.31. The molecule has 154 valence electrons. The van der Waals surface area contributed by atoms with Crippen molar-refractivity contribution in [1.29, 1.82) is 0 Å². The summed E-state index contributed by atoms with van der Waals surface area (Å²) in [6, 6.07) is 3.85. The number of hydrazine groups is 2. The maximum atomic E-state index is 12.6. The van der Waals surface area contributed by atoms with E-state index >= 15 is 0 Å². The lowest BCUT2D eigenvalue weighted by atomic mass is 10.0. The molecule has 0 aliphatic carbocycles. The van der Waals surface area contributed by atoms with Gasteiger partial charge in [0.2, 0.25) is 5.91 Å². The highest BCUT2D eigenvalue weighted by molar-refractivity contribution is 5.97. The number of nitrogens with one attached hydrogen (secondary N) is 3. The van der Waals surface area contributed by atoms with E-state index in [1.54, 1.807) is 26.5 Å². The van der Waals surface area contributed by atoms with E-state index in [4.69, 9.17) is 0 Å². The van der Waals surface area contributed by atoms with E-state index in [2.05, 4.69) is 27.0 Å². The van der Waals surface area contributed by atoms with Gasteiger partial charge in [0.05, 0.1) is 0 Å². The topological polar surface area (TPSA) is 96.6 Å². The predicted molar refractivity (Wildman–Crippen MR) is 112 cm³/mol. The average Bonchev–Trinajstić information content (AvgIpc) is 3.40. The van der Waals surface area contributed by atoms with Crippen molar-refractivity contribution in [2.45, 2.75) is 12.8 Å². The molecule has 2 aliphatic heterocycles. The minimum absolute atomic E-state index is 0. The summed E-state index contributed by atoms with van der Waals surface area (Å²) in [6.07, 6.45) is 8.88. The molecule has 0 atom stereocenters. The third-order valence-electron chi connectivity index (χ3n) is 5.09. The van der Waals surface area contributed by atoms with Crippen molar-refractivity contribution in [3.63, 3.8) is 0 Å². The van der Waals surface area contributed by atoms with Gasteiger partial charge >= 0.3 is 0 Å². The van der Waals surface area contributed by atoms with E-state index < -0.39 is 0 Å². The van der Waals surface area contributed by atoms with E-state index in [0.717, 1.165) is 29.5 Å². The van der Waals surface area contributed by atoms with Crippen molar-refractivity contribution in [3.8, 4) is 0 Å². The maximum absolute atomic E-state index is 12.6. The Balaban J connectivity index is 0.00000256. The van der Waals surface area contributed by atoms with Crippen molar-refractivity contribution in [2.24, 2.45) is 0 Å². The van der Waals surface area contributed by atoms with Crippen LogP contribution in [0.2, 0.25) is 0 Å². The van der Waals surface area contributed by atoms with Crippen molar-refractivity contribution >= 4 is 28.4 Å². The Labute approximate surface area is 170 Å². The summed E-state index contributed by atoms with van der Waals surface area (Å²) in [5, 5.41) is 2.73. The molecular formula is C20H27N7O2. The summed E-state index contributed by atoms with van der Waals surface area (Å²) >= 11 is 0. The second-order valence-corrected chi connectivity index (χ2v) is 7.39. The third-order valence-corrected chi connectivity index (χ3v) is 5.09. The lowest BCUT2D eigenvalue weighted by Crippen LogP contribution is -2.40. The quantitative estimate of drug-likeness (QED) is 0.704. The standard InChI is InChI=1S/C20H25N7O2.H2/c1-25(2)20(29)17-11-15-10-16(12-21-19(15)23-17)14-4-3-7-26(13-14)18(28)5-8-27-9-6-22-24-27;/h4,6,9-12,22,24H,3,5,7-8,13H2,1-2H3,(H,21,23);1H. The van der Waals surface area contributed by atoms with Crippen LogP contribution in [0.1, 0.15) is 30.3 Å². The second kappa shape index (κ2) is 7.96. The molecule has 29 heavy (non-hydrogen) atoms. The Kier molecular flexibility index (Phi) is 5.22. The number of H-pyrrole nitrogens is 1. The Bertz CT molecular complexity index is 998. The van der Waals surface area contributed by atoms with Crippen molar-refractivity contribution < 1.29 is 11.0 Å². The van der Waals surface area contributed by atoms with Crippen LogP contribution >= 0.6 is 0 Å². The summed E-state index contributed by atoms with van der Waals surface area (Å²) in [4.78, 5) is 35.8. The van der Waals surface area contributed by atoms with Gasteiger partial charge in [-0.25, -0.2) is 4.98 Å². The molecule has 2 aromatic rings. The molecule has 2 aromatic heterocycles. The first-order valence-electron chi connectivity index (χ1n) is 9.63. The number of hydrogen-bond acceptors (Lipinski definition) is 6. The summed E-state index contributed by atoms with van der Waals surface area (Å²) in [6.45, 7) is 1.91. The molecule has 0 saturated heterocycles. The molecule has 9 heteroatoms. The van der Waals surface area contributed by atoms with Crippen LogP contribution in [-0.2, 0) is 4.79 Å². The Morgan fingerprint density at radius 2 is 2.17 bits per heavy atom. The highest BCUT2D eigenvalue weighted by atomic mass is 16.2. The molecule has 0 spiro atoms. The number of carbonyl (C=O) groups is 2. The Morgan fingerprint density at radius 3 is 2.93 bits per heavy atom. The zero-order valence-electron chi connectivity index (χ0n) is 16.6. The smallest absolute Gasteiger partial charge is 0.269 e. The zero-order chi connectivity index (χ0) is 20.4. The highest BCUT2D eigenvalue weighted by Crippen LogP contribution is 2.24. The first-order valence-corrected chi connectivity index (χ1v) is 9.63. The lowest BCUT2D eigenvalue weighted by Gasteiger charge is -2.28. The largest absolute Gasteiger partial charge is 0.344 e. The fourth-order valence-electron chi connectivity index (χ4n) is 3.50. The van der Waals surface area contributed by atoms with E-state index in [-0.39, 0.29) is 13.2 Å². The van der Waals surface area contributed by atoms with Crippen LogP contribution in [0.4, 0.5) is 0 Å². The highest BCUT2D eigenvalue weighted by Gasteiger charge is 2.20. The minimum atomic E-state index is -0.0873. The van der Waals surface area contributed by atoms with E-state index in [1.807, 2.05) is 28.2 Å². The molecule has 9 nitrogen and oxygen atoms in total. The molecule has 0 aromatic carbocycles. The Hall–Kier alpha value is -3.33. The Morgan fingerprint density at radius 1 is 1.31 bits per heavy atom. The molecule has 0 unspecified atom stereocenters. The minimum Gasteiger partial charge on any atom is -0.344 e. The molecule has 0 saturated carbocycles. The molecule has 2 amide bonds. The fourth-order valence-corrected chi connectivity index (χ4v) is 3.50. The number of hydrogen-bond donors (Lipinski definition) is 3. The van der Waals surface area contributed by atoms with Gasteiger partial charge in [-0.3, -0.25) is 14.6 Å². The number of pyridine rings is 1. The number of nitrogens with zero attached hydrogens (tertiary/aromatic N) is 4. The maximum Gasteiger partial charge on any atom is 0.269 e. The summed E-state index contributed by atoms with van der Waals surface area (Å²) in [5.74, 6) is 0.0444. The number of amides is 2. The van der Waals surface area contributed by atoms with Crippen LogP contribution in [0.5, 0.6) is 0 Å². The first kappa shape index (κ1) is 19.0. The van der Waals surface area contributed by atoms with Crippen LogP contribution in [0.3, 0.4) is 0 Å². The zero-order valence-corrected chi connectivity index (χ0v) is 16.6. The van der Waals surface area contributed by atoms with Gasteiger partial charge in [0, 0.05) is 65.6 Å². The van der Waals surface area contributed by atoms with Crippen LogP contribution in [0.25, 0.3) is 16.6 Å². The van der Waals surface area contributed by atoms with E-state index in [1.165, 1.54) is 4.90 Å². The van der Waals surface area contributed by atoms with Gasteiger partial charge in [-0.15, -0.1) is 5.53 Å². The van der Waals surface area contributed by atoms with Crippen LogP contribution in [0, 0.1) is 0 Å². The third kappa shape index (κ3) is 4.09. The molecule has 0 fully saturated rings. The molecule has 4 heterocycles. The van der Waals surface area contributed by atoms with Crippen molar-refractivity contribution in [3.05, 3.63) is 48.1 Å². The molecule has 0 radical (unpaired) electrons. The summed E-state index contributed by atoms with van der Waals surface area (Å²) in [7, 11) is 3.44. The van der Waals surface area contributed by atoms with Gasteiger partial charge in [0.15, 0.2) is 0 Å². The summed E-state index contributed by atoms with van der Waals surface area (Å²) < 4.78 is 0. The van der Waals surface area contributed by atoms with E-state index in [9.17, 15) is 9.59 Å². The van der Waals surface area contributed by atoms with Crippen molar-refractivity contribution in [2.75, 3.05) is 33.7 Å². The lowest BCUT2D eigenvalue weighted by molar-refractivity contribution is -0.131. The monoisotopic (exact) mass is 397 g/mol. The number of aromatic nitrogens is 2. The van der Waals surface area contributed by atoms with Gasteiger partial charge in [0.1, 0.15) is 11.3 Å². The number of carbonyl (C=O) groups excluding carboxylic acids is 2. The molecule has 3 N–H and O–H groups in total. The molecule has 4 rings (SSSR count). The average molecular weight is 397 g/mol. The van der Waals surface area contributed by atoms with Crippen LogP contribution in [-0.4, -0.2) is 70.3 Å². The normalized spacial score (nSPS) is 16.1.